The summed E-state index contributed by atoms with van der Waals surface area (Å²) in [6.45, 7) is 7.29. The van der Waals surface area contributed by atoms with Crippen LogP contribution in [0.15, 0.2) is 23.5 Å². The first-order chi connectivity index (χ1) is 11.3. The van der Waals surface area contributed by atoms with Crippen LogP contribution in [0.2, 0.25) is 0 Å². The van der Waals surface area contributed by atoms with E-state index in [1.165, 1.54) is 51.6 Å². The number of likely N-dealkylation sites (tertiary alicyclic amines) is 1. The largest absolute Gasteiger partial charge is 0.357 e. The van der Waals surface area contributed by atoms with Crippen molar-refractivity contribution in [2.75, 3.05) is 26.2 Å². The maximum absolute atomic E-state index is 4.86. The van der Waals surface area contributed by atoms with Crippen molar-refractivity contribution >= 4 is 5.96 Å². The molecule has 23 heavy (non-hydrogen) atoms. The van der Waals surface area contributed by atoms with Crippen molar-refractivity contribution in [2.45, 2.75) is 58.4 Å². The van der Waals surface area contributed by atoms with E-state index in [-0.39, 0.29) is 0 Å². The molecule has 1 aliphatic carbocycles. The molecule has 5 nitrogen and oxygen atoms in total. The lowest BCUT2D eigenvalue weighted by Crippen LogP contribution is -2.41. The van der Waals surface area contributed by atoms with Crippen molar-refractivity contribution < 1.29 is 0 Å². The van der Waals surface area contributed by atoms with Crippen LogP contribution >= 0.6 is 0 Å². The van der Waals surface area contributed by atoms with Gasteiger partial charge >= 0.3 is 0 Å². The monoisotopic (exact) mass is 317 g/mol. The Balaban J connectivity index is 1.52. The van der Waals surface area contributed by atoms with Gasteiger partial charge in [-0.1, -0.05) is 19.3 Å². The van der Waals surface area contributed by atoms with E-state index in [1.807, 2.05) is 23.1 Å². The van der Waals surface area contributed by atoms with Gasteiger partial charge < -0.3 is 10.2 Å². The molecule has 1 saturated heterocycles. The highest BCUT2D eigenvalue weighted by Gasteiger charge is 2.39. The summed E-state index contributed by atoms with van der Waals surface area (Å²) in [6.07, 6.45) is 13.4. The molecule has 1 aliphatic heterocycles. The van der Waals surface area contributed by atoms with E-state index in [2.05, 4.69) is 22.2 Å². The van der Waals surface area contributed by atoms with Gasteiger partial charge in [0.2, 0.25) is 0 Å². The number of hydrogen-bond donors (Lipinski definition) is 1. The third-order valence-electron chi connectivity index (χ3n) is 5.35. The number of aliphatic imine (C=N–C) groups is 1. The molecule has 1 spiro atoms. The van der Waals surface area contributed by atoms with Crippen LogP contribution < -0.4 is 5.32 Å². The maximum atomic E-state index is 4.86. The minimum atomic E-state index is 0.587. The van der Waals surface area contributed by atoms with Crippen LogP contribution in [0.4, 0.5) is 0 Å². The summed E-state index contributed by atoms with van der Waals surface area (Å²) >= 11 is 0. The number of aromatic nitrogens is 2. The van der Waals surface area contributed by atoms with E-state index in [4.69, 9.17) is 4.99 Å². The van der Waals surface area contributed by atoms with Crippen molar-refractivity contribution in [3.8, 4) is 0 Å². The summed E-state index contributed by atoms with van der Waals surface area (Å²) < 4.78 is 1.98. The normalized spacial score (nSPS) is 21.1. The summed E-state index contributed by atoms with van der Waals surface area (Å²) in [5.74, 6) is 1.12. The molecular weight excluding hydrogens is 286 g/mol. The number of nitrogens with zero attached hydrogens (tertiary/aromatic N) is 4. The van der Waals surface area contributed by atoms with Crippen LogP contribution in [-0.2, 0) is 6.54 Å². The first kappa shape index (κ1) is 16.3. The number of rotatable bonds is 5. The smallest absolute Gasteiger partial charge is 0.193 e. The second-order valence-corrected chi connectivity index (χ2v) is 7.09. The highest BCUT2D eigenvalue weighted by Crippen LogP contribution is 2.43. The molecule has 0 amide bonds. The summed E-state index contributed by atoms with van der Waals surface area (Å²) in [5, 5.41) is 7.74. The highest BCUT2D eigenvalue weighted by atomic mass is 15.3. The Bertz CT molecular complexity index is 488. The standard InChI is InChI=1S/C18H31N5/c1-2-19-17(20-11-6-13-23-14-7-12-21-23)22-15-10-18(16-22)8-4-3-5-9-18/h7,12,14H,2-6,8-11,13,15-16H2,1H3,(H,19,20). The van der Waals surface area contributed by atoms with Crippen molar-refractivity contribution in [1.82, 2.24) is 20.0 Å². The van der Waals surface area contributed by atoms with Gasteiger partial charge in [0.25, 0.3) is 0 Å². The lowest BCUT2D eigenvalue weighted by Gasteiger charge is -2.33. The zero-order valence-electron chi connectivity index (χ0n) is 14.5. The molecule has 0 unspecified atom stereocenters. The van der Waals surface area contributed by atoms with E-state index in [9.17, 15) is 0 Å². The van der Waals surface area contributed by atoms with E-state index >= 15 is 0 Å². The van der Waals surface area contributed by atoms with Crippen LogP contribution in [0.3, 0.4) is 0 Å². The summed E-state index contributed by atoms with van der Waals surface area (Å²) in [7, 11) is 0. The van der Waals surface area contributed by atoms with Gasteiger partial charge in [-0.25, -0.2) is 0 Å². The minimum Gasteiger partial charge on any atom is -0.357 e. The molecule has 0 atom stereocenters. The van der Waals surface area contributed by atoms with Crippen molar-refractivity contribution in [3.63, 3.8) is 0 Å². The second-order valence-electron chi connectivity index (χ2n) is 7.09. The highest BCUT2D eigenvalue weighted by molar-refractivity contribution is 5.80. The van der Waals surface area contributed by atoms with Gasteiger partial charge in [0.05, 0.1) is 0 Å². The molecular formula is C18H31N5. The minimum absolute atomic E-state index is 0.587. The molecule has 2 heterocycles. The average Bonchev–Trinajstić information content (AvgIpc) is 3.22. The topological polar surface area (TPSA) is 45.5 Å². The number of aryl methyl sites for hydroxylation is 1. The summed E-state index contributed by atoms with van der Waals surface area (Å²) in [4.78, 5) is 7.37. The van der Waals surface area contributed by atoms with Gasteiger partial charge in [-0.15, -0.1) is 0 Å². The predicted molar refractivity (Wildman–Crippen MR) is 94.5 cm³/mol. The second kappa shape index (κ2) is 7.84. The zero-order chi connectivity index (χ0) is 16.0. The molecule has 1 aromatic heterocycles. The molecule has 2 fully saturated rings. The fourth-order valence-corrected chi connectivity index (χ4v) is 4.10. The van der Waals surface area contributed by atoms with E-state index in [0.29, 0.717) is 5.41 Å². The van der Waals surface area contributed by atoms with Crippen molar-refractivity contribution in [3.05, 3.63) is 18.5 Å². The van der Waals surface area contributed by atoms with Crippen LogP contribution in [0.5, 0.6) is 0 Å². The maximum Gasteiger partial charge on any atom is 0.193 e. The van der Waals surface area contributed by atoms with Crippen LogP contribution in [0.1, 0.15) is 51.9 Å². The molecule has 0 aromatic carbocycles. The van der Waals surface area contributed by atoms with Crippen LogP contribution in [0, 0.1) is 5.41 Å². The molecule has 5 heteroatoms. The zero-order valence-corrected chi connectivity index (χ0v) is 14.5. The Labute approximate surface area is 140 Å². The van der Waals surface area contributed by atoms with Crippen LogP contribution in [0.25, 0.3) is 0 Å². The summed E-state index contributed by atoms with van der Waals surface area (Å²) in [5.41, 5.74) is 0.587. The molecule has 3 rings (SSSR count). The van der Waals surface area contributed by atoms with E-state index in [1.54, 1.807) is 0 Å². The third kappa shape index (κ3) is 4.27. The average molecular weight is 317 g/mol. The fraction of sp³-hybridized carbons (Fsp3) is 0.778. The molecule has 128 valence electrons. The number of hydrogen-bond acceptors (Lipinski definition) is 2. The van der Waals surface area contributed by atoms with E-state index < -0.39 is 0 Å². The Kier molecular flexibility index (Phi) is 5.57. The van der Waals surface area contributed by atoms with E-state index in [0.717, 1.165) is 32.0 Å². The third-order valence-corrected chi connectivity index (χ3v) is 5.35. The molecule has 0 bridgehead atoms. The first-order valence-electron chi connectivity index (χ1n) is 9.32. The lowest BCUT2D eigenvalue weighted by atomic mass is 9.73. The van der Waals surface area contributed by atoms with Gasteiger partial charge in [0.1, 0.15) is 0 Å². The molecule has 1 saturated carbocycles. The fourth-order valence-electron chi connectivity index (χ4n) is 4.10. The van der Waals surface area contributed by atoms with Gasteiger partial charge in [0, 0.05) is 45.1 Å². The predicted octanol–water partition coefficient (Wildman–Crippen LogP) is 2.89. The quantitative estimate of drug-likeness (QED) is 0.516. The first-order valence-corrected chi connectivity index (χ1v) is 9.32. The van der Waals surface area contributed by atoms with Gasteiger partial charge in [-0.2, -0.15) is 5.10 Å². The Morgan fingerprint density at radius 3 is 2.87 bits per heavy atom. The Morgan fingerprint density at radius 2 is 2.13 bits per heavy atom. The summed E-state index contributed by atoms with van der Waals surface area (Å²) in [6, 6.07) is 1.97. The Morgan fingerprint density at radius 1 is 1.26 bits per heavy atom. The Hall–Kier alpha value is -1.52. The molecule has 0 radical (unpaired) electrons. The molecule has 1 aromatic rings. The number of nitrogens with one attached hydrogen (secondary N) is 1. The lowest BCUT2D eigenvalue weighted by molar-refractivity contribution is 0.203. The molecule has 1 N–H and O–H groups in total. The van der Waals surface area contributed by atoms with Gasteiger partial charge in [0.15, 0.2) is 5.96 Å². The van der Waals surface area contributed by atoms with Crippen LogP contribution in [-0.4, -0.2) is 46.8 Å². The van der Waals surface area contributed by atoms with Crippen molar-refractivity contribution in [2.24, 2.45) is 10.4 Å². The van der Waals surface area contributed by atoms with Gasteiger partial charge in [-0.3, -0.25) is 9.67 Å². The SMILES string of the molecule is CCNC(=NCCCn1cccn1)N1CCC2(CCCCC2)C1. The van der Waals surface area contributed by atoms with Gasteiger partial charge in [-0.05, 0) is 44.1 Å². The van der Waals surface area contributed by atoms with Crippen molar-refractivity contribution in [1.29, 1.82) is 0 Å². The molecule has 2 aliphatic rings. The number of guanidine groups is 1.